The summed E-state index contributed by atoms with van der Waals surface area (Å²) in [7, 11) is 0. The van der Waals surface area contributed by atoms with Crippen LogP contribution in [0.5, 0.6) is 0 Å². The average molecular weight is 346 g/mol. The lowest BCUT2D eigenvalue weighted by Crippen LogP contribution is -2.31. The molecule has 0 aliphatic rings. The van der Waals surface area contributed by atoms with Crippen molar-refractivity contribution in [3.8, 4) is 0 Å². The Morgan fingerprint density at radius 3 is 2.67 bits per heavy atom. The van der Waals surface area contributed by atoms with Gasteiger partial charge in [0.25, 0.3) is 5.91 Å². The number of amides is 1. The third kappa shape index (κ3) is 4.41. The predicted octanol–water partition coefficient (Wildman–Crippen LogP) is 3.68. The summed E-state index contributed by atoms with van der Waals surface area (Å²) >= 11 is 1.37. The Bertz CT molecular complexity index is 712. The van der Waals surface area contributed by atoms with E-state index in [9.17, 15) is 9.59 Å². The molecule has 1 aromatic heterocycles. The molecule has 0 saturated heterocycles. The van der Waals surface area contributed by atoms with Crippen LogP contribution in [0.1, 0.15) is 51.7 Å². The Morgan fingerprint density at radius 1 is 1.25 bits per heavy atom. The second-order valence-corrected chi connectivity index (χ2v) is 6.33. The topological polar surface area (TPSA) is 59.5 Å². The molecular formula is C18H22N2O3S. The molecule has 2 aromatic rings. The standard InChI is InChI=1S/C18H22N2O3S/c1-4-10-20(17(21)14-9-7-6-8-13(14)3)11-16-19-15(12-24-16)18(22)23-5-2/h6-9,12H,4-5,10-11H2,1-3H3. The zero-order valence-electron chi connectivity index (χ0n) is 14.2. The van der Waals surface area contributed by atoms with Gasteiger partial charge < -0.3 is 9.64 Å². The van der Waals surface area contributed by atoms with Gasteiger partial charge in [-0.05, 0) is 31.9 Å². The van der Waals surface area contributed by atoms with Gasteiger partial charge in [0.05, 0.1) is 13.2 Å². The second kappa shape index (κ2) is 8.59. The van der Waals surface area contributed by atoms with Crippen molar-refractivity contribution in [3.05, 3.63) is 51.5 Å². The van der Waals surface area contributed by atoms with E-state index >= 15 is 0 Å². The molecule has 0 saturated carbocycles. The zero-order chi connectivity index (χ0) is 17.5. The average Bonchev–Trinajstić information content (AvgIpc) is 3.03. The fourth-order valence-electron chi connectivity index (χ4n) is 2.35. The third-order valence-electron chi connectivity index (χ3n) is 3.52. The monoisotopic (exact) mass is 346 g/mol. The number of ether oxygens (including phenoxy) is 1. The molecule has 0 unspecified atom stereocenters. The summed E-state index contributed by atoms with van der Waals surface area (Å²) in [5.74, 6) is -0.435. The van der Waals surface area contributed by atoms with Gasteiger partial charge in [-0.1, -0.05) is 25.1 Å². The Balaban J connectivity index is 2.15. The van der Waals surface area contributed by atoms with E-state index in [0.29, 0.717) is 31.0 Å². The molecule has 5 nitrogen and oxygen atoms in total. The number of nitrogens with zero attached hydrogens (tertiary/aromatic N) is 2. The number of carbonyl (C=O) groups is 2. The summed E-state index contributed by atoms with van der Waals surface area (Å²) in [5, 5.41) is 2.41. The van der Waals surface area contributed by atoms with E-state index in [-0.39, 0.29) is 5.91 Å². The highest BCUT2D eigenvalue weighted by molar-refractivity contribution is 7.09. The van der Waals surface area contributed by atoms with Crippen molar-refractivity contribution in [2.24, 2.45) is 0 Å². The molecule has 0 fully saturated rings. The first-order chi connectivity index (χ1) is 11.6. The molecular weight excluding hydrogens is 324 g/mol. The molecule has 0 N–H and O–H groups in total. The number of rotatable bonds is 7. The van der Waals surface area contributed by atoms with Crippen LogP contribution in [0, 0.1) is 6.92 Å². The summed E-state index contributed by atoms with van der Waals surface area (Å²) in [6.45, 7) is 7.07. The normalized spacial score (nSPS) is 10.5. The Labute approximate surface area is 146 Å². The largest absolute Gasteiger partial charge is 0.461 e. The van der Waals surface area contributed by atoms with Gasteiger partial charge >= 0.3 is 5.97 Å². The molecule has 0 radical (unpaired) electrons. The van der Waals surface area contributed by atoms with Crippen molar-refractivity contribution >= 4 is 23.2 Å². The molecule has 6 heteroatoms. The number of aromatic nitrogens is 1. The predicted molar refractivity (Wildman–Crippen MR) is 94.3 cm³/mol. The number of thiazole rings is 1. The minimum Gasteiger partial charge on any atom is -0.461 e. The van der Waals surface area contributed by atoms with Crippen LogP contribution < -0.4 is 0 Å². The molecule has 1 aromatic carbocycles. The van der Waals surface area contributed by atoms with Gasteiger partial charge in [-0.2, -0.15) is 0 Å². The fraction of sp³-hybridized carbons (Fsp3) is 0.389. The number of esters is 1. The summed E-state index contributed by atoms with van der Waals surface area (Å²) < 4.78 is 4.95. The van der Waals surface area contributed by atoms with Crippen LogP contribution in [0.4, 0.5) is 0 Å². The maximum atomic E-state index is 12.8. The molecule has 2 rings (SSSR count). The summed E-state index contributed by atoms with van der Waals surface area (Å²) in [6.07, 6.45) is 0.855. The van der Waals surface area contributed by atoms with Crippen molar-refractivity contribution < 1.29 is 14.3 Å². The third-order valence-corrected chi connectivity index (χ3v) is 4.35. The van der Waals surface area contributed by atoms with Crippen molar-refractivity contribution in [1.82, 2.24) is 9.88 Å². The van der Waals surface area contributed by atoms with Crippen molar-refractivity contribution in [1.29, 1.82) is 0 Å². The van der Waals surface area contributed by atoms with Crippen LogP contribution in [0.2, 0.25) is 0 Å². The first-order valence-electron chi connectivity index (χ1n) is 8.03. The van der Waals surface area contributed by atoms with Crippen LogP contribution in [0.25, 0.3) is 0 Å². The number of benzene rings is 1. The lowest BCUT2D eigenvalue weighted by Gasteiger charge is -2.22. The molecule has 1 heterocycles. The Morgan fingerprint density at radius 2 is 2.00 bits per heavy atom. The van der Waals surface area contributed by atoms with Crippen LogP contribution in [0.3, 0.4) is 0 Å². The van der Waals surface area contributed by atoms with E-state index in [1.165, 1.54) is 11.3 Å². The highest BCUT2D eigenvalue weighted by atomic mass is 32.1. The highest BCUT2D eigenvalue weighted by Crippen LogP contribution is 2.17. The van der Waals surface area contributed by atoms with Gasteiger partial charge in [0.15, 0.2) is 5.69 Å². The maximum Gasteiger partial charge on any atom is 0.357 e. The number of aryl methyl sites for hydroxylation is 1. The lowest BCUT2D eigenvalue weighted by molar-refractivity contribution is 0.0520. The first-order valence-corrected chi connectivity index (χ1v) is 8.91. The quantitative estimate of drug-likeness (QED) is 0.718. The van der Waals surface area contributed by atoms with E-state index in [2.05, 4.69) is 4.98 Å². The van der Waals surface area contributed by atoms with Crippen molar-refractivity contribution in [2.75, 3.05) is 13.2 Å². The van der Waals surface area contributed by atoms with E-state index in [1.807, 2.05) is 38.1 Å². The Hall–Kier alpha value is -2.21. The van der Waals surface area contributed by atoms with Crippen LogP contribution in [-0.4, -0.2) is 34.9 Å². The molecule has 1 amide bonds. The van der Waals surface area contributed by atoms with E-state index in [1.54, 1.807) is 17.2 Å². The number of carbonyl (C=O) groups excluding carboxylic acids is 2. The van der Waals surface area contributed by atoms with E-state index in [4.69, 9.17) is 4.74 Å². The van der Waals surface area contributed by atoms with Gasteiger partial charge in [0.1, 0.15) is 5.01 Å². The van der Waals surface area contributed by atoms with Crippen LogP contribution in [-0.2, 0) is 11.3 Å². The Kier molecular flexibility index (Phi) is 6.49. The summed E-state index contributed by atoms with van der Waals surface area (Å²) in [4.78, 5) is 30.6. The summed E-state index contributed by atoms with van der Waals surface area (Å²) in [6, 6.07) is 7.56. The highest BCUT2D eigenvalue weighted by Gasteiger charge is 2.19. The lowest BCUT2D eigenvalue weighted by atomic mass is 10.1. The molecule has 24 heavy (non-hydrogen) atoms. The minimum absolute atomic E-state index is 0.0113. The second-order valence-electron chi connectivity index (χ2n) is 5.39. The van der Waals surface area contributed by atoms with Gasteiger partial charge in [-0.15, -0.1) is 11.3 Å². The van der Waals surface area contributed by atoms with E-state index in [0.717, 1.165) is 17.0 Å². The molecule has 0 atom stereocenters. The van der Waals surface area contributed by atoms with Gasteiger partial charge in [-0.3, -0.25) is 4.79 Å². The molecule has 0 bridgehead atoms. The fourth-order valence-corrected chi connectivity index (χ4v) is 3.13. The van der Waals surface area contributed by atoms with Gasteiger partial charge in [-0.25, -0.2) is 9.78 Å². The molecule has 0 spiro atoms. The number of hydrogen-bond acceptors (Lipinski definition) is 5. The van der Waals surface area contributed by atoms with Gasteiger partial charge in [0, 0.05) is 17.5 Å². The van der Waals surface area contributed by atoms with Crippen molar-refractivity contribution in [2.45, 2.75) is 33.7 Å². The van der Waals surface area contributed by atoms with E-state index < -0.39 is 5.97 Å². The maximum absolute atomic E-state index is 12.8. The van der Waals surface area contributed by atoms with Crippen LogP contribution in [0.15, 0.2) is 29.6 Å². The van der Waals surface area contributed by atoms with Gasteiger partial charge in [0.2, 0.25) is 0 Å². The smallest absolute Gasteiger partial charge is 0.357 e. The molecule has 0 aliphatic heterocycles. The SMILES string of the molecule is CCCN(Cc1nc(C(=O)OCC)cs1)C(=O)c1ccccc1C. The van der Waals surface area contributed by atoms with Crippen LogP contribution >= 0.6 is 11.3 Å². The number of hydrogen-bond donors (Lipinski definition) is 0. The summed E-state index contributed by atoms with van der Waals surface area (Å²) in [5.41, 5.74) is 1.96. The zero-order valence-corrected chi connectivity index (χ0v) is 15.1. The minimum atomic E-state index is -0.424. The molecule has 0 aliphatic carbocycles. The molecule has 128 valence electrons. The van der Waals surface area contributed by atoms with Crippen molar-refractivity contribution in [3.63, 3.8) is 0 Å². The first kappa shape index (κ1) is 18.1.